The normalized spacial score (nSPS) is 13.1. The molecule has 15 heteroatoms. The number of nitrogens with two attached hydrogens (primary N) is 1. The second-order valence-corrected chi connectivity index (χ2v) is 10.5. The van der Waals surface area contributed by atoms with Gasteiger partial charge in [0.15, 0.2) is 0 Å². The smallest absolute Gasteiger partial charge is 0.288 e. The molecule has 0 fully saturated rings. The Morgan fingerprint density at radius 3 is 1.77 bits per heavy atom. The summed E-state index contributed by atoms with van der Waals surface area (Å²) in [6.45, 7) is 0. The van der Waals surface area contributed by atoms with E-state index in [-0.39, 0.29) is 33.3 Å². The molecule has 7 nitrogen and oxygen atoms in total. The zero-order chi connectivity index (χ0) is 22.5. The van der Waals surface area contributed by atoms with E-state index in [0.717, 1.165) is 24.3 Å². The third-order valence-corrected chi connectivity index (χ3v) is 7.75. The molecule has 0 unspecified atom stereocenters. The Kier molecular flexibility index (Phi) is 8.01. The first-order chi connectivity index (χ1) is 13.9. The fourth-order valence-corrected chi connectivity index (χ4v) is 6.17. The maximum atomic E-state index is 12.7. The quantitative estimate of drug-likeness (QED) is 0.246. The van der Waals surface area contributed by atoms with Gasteiger partial charge in [-0.25, -0.2) is 13.1 Å². The maximum Gasteiger partial charge on any atom is 0.288 e. The van der Waals surface area contributed by atoms with E-state index >= 15 is 0 Å². The summed E-state index contributed by atoms with van der Waals surface area (Å²) in [7, 11) is -9.23. The summed E-state index contributed by atoms with van der Waals surface area (Å²) in [6, 6.07) is 9.47. The Balaban J connectivity index is 2.37. The molecular formula is C15H13F4N3O4S4. The average molecular weight is 504 g/mol. The van der Waals surface area contributed by atoms with E-state index in [0.29, 0.717) is 0 Å². The molecule has 0 heterocycles. The molecule has 0 saturated carbocycles. The van der Waals surface area contributed by atoms with Crippen molar-refractivity contribution in [2.75, 3.05) is 0 Å². The van der Waals surface area contributed by atoms with Crippen LogP contribution in [0.2, 0.25) is 0 Å². The van der Waals surface area contributed by atoms with Crippen molar-refractivity contribution < 1.29 is 34.4 Å². The van der Waals surface area contributed by atoms with Crippen LogP contribution in [0.4, 0.5) is 17.6 Å². The van der Waals surface area contributed by atoms with Gasteiger partial charge in [-0.15, -0.1) is 4.40 Å². The monoisotopic (exact) mass is 503 g/mol. The molecule has 0 aliphatic rings. The van der Waals surface area contributed by atoms with E-state index < -0.39 is 47.3 Å². The van der Waals surface area contributed by atoms with Gasteiger partial charge in [0, 0.05) is 9.79 Å². The zero-order valence-corrected chi connectivity index (χ0v) is 17.8. The lowest BCUT2D eigenvalue weighted by Crippen LogP contribution is -2.37. The summed E-state index contributed by atoms with van der Waals surface area (Å²) in [5.74, 6) is -6.91. The van der Waals surface area contributed by atoms with Gasteiger partial charge in [-0.05, 0) is 24.3 Å². The molecule has 0 aliphatic carbocycles. The molecule has 0 saturated heterocycles. The Bertz CT molecular complexity index is 1140. The highest BCUT2D eigenvalue weighted by atomic mass is 32.2. The van der Waals surface area contributed by atoms with Crippen LogP contribution in [0.3, 0.4) is 0 Å². The minimum atomic E-state index is -4.66. The van der Waals surface area contributed by atoms with Crippen molar-refractivity contribution in [3.05, 3.63) is 48.5 Å². The topological polar surface area (TPSA) is 119 Å². The van der Waals surface area contributed by atoms with Gasteiger partial charge >= 0.3 is 0 Å². The fourth-order valence-electron chi connectivity index (χ4n) is 2.11. The highest BCUT2D eigenvalue weighted by molar-refractivity contribution is 8.00. The molecule has 0 amide bonds. The van der Waals surface area contributed by atoms with Crippen molar-refractivity contribution in [1.82, 2.24) is 4.72 Å². The maximum absolute atomic E-state index is 12.7. The second kappa shape index (κ2) is 9.89. The predicted molar refractivity (Wildman–Crippen MR) is 106 cm³/mol. The third-order valence-electron chi connectivity index (χ3n) is 3.16. The van der Waals surface area contributed by atoms with Crippen molar-refractivity contribution in [3.63, 3.8) is 0 Å². The van der Waals surface area contributed by atoms with Crippen molar-refractivity contribution in [2.45, 2.75) is 31.1 Å². The number of halogens is 4. The number of hydrogen-bond acceptors (Lipinski definition) is 6. The number of alkyl halides is 4. The number of nitrogens with one attached hydrogen (secondary N) is 1. The van der Waals surface area contributed by atoms with Crippen LogP contribution in [0.1, 0.15) is 0 Å². The Morgan fingerprint density at radius 1 is 0.833 bits per heavy atom. The molecule has 2 aromatic carbocycles. The zero-order valence-electron chi connectivity index (χ0n) is 14.6. The van der Waals surface area contributed by atoms with Crippen LogP contribution in [-0.2, 0) is 20.0 Å². The molecule has 3 N–H and O–H groups in total. The summed E-state index contributed by atoms with van der Waals surface area (Å²) in [4.78, 5) is -1.79. The SMILES string of the molecule is NC(=NS(=O)(=O)c1ccccc1SC(F)F)NS(=O)(=O)c1ccccc1SC(F)F. The first-order valence-electron chi connectivity index (χ1n) is 7.63. The van der Waals surface area contributed by atoms with Crippen LogP contribution < -0.4 is 10.5 Å². The van der Waals surface area contributed by atoms with Gasteiger partial charge in [0.05, 0.1) is 0 Å². The summed E-state index contributed by atoms with van der Waals surface area (Å²) < 4.78 is 105. The lowest BCUT2D eigenvalue weighted by molar-refractivity contribution is 0.251. The van der Waals surface area contributed by atoms with E-state index in [9.17, 15) is 34.4 Å². The number of nitrogens with zero attached hydrogens (tertiary/aromatic N) is 1. The molecular weight excluding hydrogens is 490 g/mol. The van der Waals surface area contributed by atoms with Crippen LogP contribution in [0.15, 0.2) is 72.5 Å². The van der Waals surface area contributed by atoms with Gasteiger partial charge < -0.3 is 5.73 Å². The minimum absolute atomic E-state index is 0.0286. The number of sulfonamides is 2. The first kappa shape index (κ1) is 24.3. The van der Waals surface area contributed by atoms with E-state index in [1.807, 2.05) is 0 Å². The van der Waals surface area contributed by atoms with Crippen molar-refractivity contribution >= 4 is 49.5 Å². The molecule has 0 atom stereocenters. The first-order valence-corrected chi connectivity index (χ1v) is 12.3. The number of benzene rings is 2. The molecule has 2 aromatic rings. The summed E-state index contributed by atoms with van der Waals surface area (Å²) in [5.41, 5.74) is 5.39. The number of guanidine groups is 1. The molecule has 0 radical (unpaired) electrons. The van der Waals surface area contributed by atoms with Gasteiger partial charge in [-0.2, -0.15) is 26.0 Å². The molecule has 30 heavy (non-hydrogen) atoms. The fraction of sp³-hybridized carbons (Fsp3) is 0.133. The van der Waals surface area contributed by atoms with Crippen LogP contribution in [0, 0.1) is 0 Å². The highest BCUT2D eigenvalue weighted by Gasteiger charge is 2.24. The summed E-state index contributed by atoms with van der Waals surface area (Å²) in [5, 5.41) is 0. The lowest BCUT2D eigenvalue weighted by Gasteiger charge is -2.11. The molecule has 2 rings (SSSR count). The van der Waals surface area contributed by atoms with Crippen LogP contribution >= 0.6 is 23.5 Å². The average Bonchev–Trinajstić information content (AvgIpc) is 2.60. The Hall–Kier alpha value is -1.97. The standard InChI is InChI=1S/C15H13F4N3O4S4/c16-13(17)27-9-5-1-3-7-11(9)29(23,24)21-15(20)22-30(25,26)12-8-4-2-6-10(12)28-14(18)19/h1-8,13-14H,(H3,20,21,22). The van der Waals surface area contributed by atoms with Crippen molar-refractivity contribution in [1.29, 1.82) is 0 Å². The van der Waals surface area contributed by atoms with Gasteiger partial charge in [-0.3, -0.25) is 0 Å². The van der Waals surface area contributed by atoms with E-state index in [1.54, 1.807) is 4.72 Å². The summed E-state index contributed by atoms with van der Waals surface area (Å²) >= 11 is -0.0670. The number of thioether (sulfide) groups is 2. The minimum Gasteiger partial charge on any atom is -0.368 e. The summed E-state index contributed by atoms with van der Waals surface area (Å²) in [6.07, 6.45) is 0. The third kappa shape index (κ3) is 6.52. The molecule has 0 aliphatic heterocycles. The predicted octanol–water partition coefficient (Wildman–Crippen LogP) is 3.30. The number of hydrogen-bond donors (Lipinski definition) is 2. The van der Waals surface area contributed by atoms with Gasteiger partial charge in [0.25, 0.3) is 31.6 Å². The molecule has 0 bridgehead atoms. The van der Waals surface area contributed by atoms with Crippen LogP contribution in [0.25, 0.3) is 0 Å². The highest BCUT2D eigenvalue weighted by Crippen LogP contribution is 2.32. The van der Waals surface area contributed by atoms with E-state index in [2.05, 4.69) is 4.40 Å². The van der Waals surface area contributed by atoms with Gasteiger partial charge in [0.1, 0.15) is 9.79 Å². The van der Waals surface area contributed by atoms with Crippen LogP contribution in [0.5, 0.6) is 0 Å². The molecule has 0 aromatic heterocycles. The van der Waals surface area contributed by atoms with E-state index in [1.165, 1.54) is 24.3 Å². The molecule has 0 spiro atoms. The van der Waals surface area contributed by atoms with Crippen molar-refractivity contribution in [3.8, 4) is 0 Å². The Morgan fingerprint density at radius 2 is 1.27 bits per heavy atom. The van der Waals surface area contributed by atoms with Crippen LogP contribution in [-0.4, -0.2) is 34.3 Å². The van der Waals surface area contributed by atoms with E-state index in [4.69, 9.17) is 5.73 Å². The number of rotatable bonds is 8. The Labute approximate surface area is 178 Å². The lowest BCUT2D eigenvalue weighted by atomic mass is 10.4. The molecule has 164 valence electrons. The largest absolute Gasteiger partial charge is 0.368 e. The van der Waals surface area contributed by atoms with Gasteiger partial charge in [-0.1, -0.05) is 47.8 Å². The van der Waals surface area contributed by atoms with Gasteiger partial charge in [0.2, 0.25) is 5.96 Å². The van der Waals surface area contributed by atoms with Crippen molar-refractivity contribution in [2.24, 2.45) is 10.1 Å². The second-order valence-electron chi connectivity index (χ2n) is 5.21.